The van der Waals surface area contributed by atoms with Crippen LogP contribution in [0.4, 0.5) is 4.79 Å². The number of carbonyl (C=O) groups is 2. The van der Waals surface area contributed by atoms with Crippen LogP contribution in [0.1, 0.15) is 51.9 Å². The van der Waals surface area contributed by atoms with Gasteiger partial charge in [-0.25, -0.2) is 9.59 Å². The number of carboxylic acids is 1. The maximum Gasteiger partial charge on any atom is 0.326 e. The van der Waals surface area contributed by atoms with E-state index in [1.165, 1.54) is 6.42 Å². The molecule has 0 aromatic heterocycles. The number of hydrogen-bond donors (Lipinski definition) is 1. The fraction of sp³-hybridized carbons (Fsp3) is 0.867. The molecule has 20 heavy (non-hydrogen) atoms. The molecule has 1 heterocycles. The second kappa shape index (κ2) is 6.46. The van der Waals surface area contributed by atoms with Crippen LogP contribution >= 0.6 is 0 Å². The lowest BCUT2D eigenvalue weighted by atomic mass is 9.86. The Morgan fingerprint density at radius 3 is 2.55 bits per heavy atom. The average molecular weight is 282 g/mol. The van der Waals surface area contributed by atoms with Gasteiger partial charge in [0.1, 0.15) is 6.04 Å². The van der Waals surface area contributed by atoms with Crippen LogP contribution in [0.5, 0.6) is 0 Å². The molecule has 2 rings (SSSR count). The van der Waals surface area contributed by atoms with Crippen molar-refractivity contribution in [3.8, 4) is 0 Å². The molecule has 1 aliphatic carbocycles. The molecule has 0 aromatic rings. The molecule has 114 valence electrons. The Morgan fingerprint density at radius 2 is 1.90 bits per heavy atom. The molecule has 2 aliphatic rings. The highest BCUT2D eigenvalue weighted by molar-refractivity contribution is 5.83. The molecule has 2 amide bonds. The number of carboxylic acid groups (broad SMARTS) is 1. The summed E-state index contributed by atoms with van der Waals surface area (Å²) in [6.07, 6.45) is 6.85. The van der Waals surface area contributed by atoms with Gasteiger partial charge in [0, 0.05) is 19.6 Å². The van der Waals surface area contributed by atoms with Crippen LogP contribution in [0.2, 0.25) is 0 Å². The molecule has 3 atom stereocenters. The summed E-state index contributed by atoms with van der Waals surface area (Å²) in [5.41, 5.74) is 0. The van der Waals surface area contributed by atoms with E-state index in [-0.39, 0.29) is 12.1 Å². The third-order valence-corrected chi connectivity index (χ3v) is 4.79. The molecule has 1 saturated heterocycles. The third kappa shape index (κ3) is 3.25. The molecule has 0 spiro atoms. The predicted octanol–water partition coefficient (Wildman–Crippen LogP) is 2.56. The van der Waals surface area contributed by atoms with Crippen LogP contribution in [0.3, 0.4) is 0 Å². The van der Waals surface area contributed by atoms with E-state index in [1.807, 2.05) is 7.05 Å². The zero-order valence-corrected chi connectivity index (χ0v) is 12.5. The first-order valence-electron chi connectivity index (χ1n) is 7.77. The van der Waals surface area contributed by atoms with Gasteiger partial charge < -0.3 is 14.9 Å². The Labute approximate surface area is 120 Å². The summed E-state index contributed by atoms with van der Waals surface area (Å²) >= 11 is 0. The number of carbonyl (C=O) groups excluding carboxylic acids is 1. The van der Waals surface area contributed by atoms with E-state index in [0.29, 0.717) is 18.9 Å². The number of hydrogen-bond acceptors (Lipinski definition) is 2. The Balaban J connectivity index is 2.02. The molecule has 1 aliphatic heterocycles. The molecule has 2 fully saturated rings. The van der Waals surface area contributed by atoms with Gasteiger partial charge in [0.25, 0.3) is 0 Å². The second-order valence-corrected chi connectivity index (χ2v) is 6.36. The van der Waals surface area contributed by atoms with Gasteiger partial charge in [-0.05, 0) is 38.0 Å². The number of likely N-dealkylation sites (tertiary alicyclic amines) is 1. The highest BCUT2D eigenvalue weighted by Crippen LogP contribution is 2.28. The molecule has 0 radical (unpaired) electrons. The topological polar surface area (TPSA) is 60.9 Å². The van der Waals surface area contributed by atoms with Crippen molar-refractivity contribution in [3.63, 3.8) is 0 Å². The first-order valence-corrected chi connectivity index (χ1v) is 7.77. The standard InChI is InChI=1S/C15H26N2O3/c1-11-6-5-7-12(10-11)16(2)15(20)17-9-4-3-8-13(17)14(18)19/h11-13H,3-10H2,1-2H3,(H,18,19). The predicted molar refractivity (Wildman–Crippen MR) is 76.6 cm³/mol. The molecule has 0 bridgehead atoms. The number of urea groups is 1. The van der Waals surface area contributed by atoms with E-state index in [2.05, 4.69) is 6.92 Å². The van der Waals surface area contributed by atoms with Crippen molar-refractivity contribution in [3.05, 3.63) is 0 Å². The highest BCUT2D eigenvalue weighted by atomic mass is 16.4. The van der Waals surface area contributed by atoms with Crippen LogP contribution in [0, 0.1) is 5.92 Å². The molecule has 0 aromatic carbocycles. The number of aliphatic carboxylic acids is 1. The van der Waals surface area contributed by atoms with Crippen molar-refractivity contribution in [2.24, 2.45) is 5.92 Å². The average Bonchev–Trinajstić information content (AvgIpc) is 2.45. The van der Waals surface area contributed by atoms with Crippen molar-refractivity contribution in [2.75, 3.05) is 13.6 Å². The SMILES string of the molecule is CC1CCCC(N(C)C(=O)N2CCCCC2C(=O)O)C1. The first kappa shape index (κ1) is 15.1. The van der Waals surface area contributed by atoms with E-state index in [9.17, 15) is 14.7 Å². The smallest absolute Gasteiger partial charge is 0.326 e. The van der Waals surface area contributed by atoms with Gasteiger partial charge in [-0.3, -0.25) is 0 Å². The fourth-order valence-corrected chi connectivity index (χ4v) is 3.53. The van der Waals surface area contributed by atoms with Gasteiger partial charge in [-0.2, -0.15) is 0 Å². The second-order valence-electron chi connectivity index (χ2n) is 6.36. The third-order valence-electron chi connectivity index (χ3n) is 4.79. The minimum absolute atomic E-state index is 0.101. The summed E-state index contributed by atoms with van der Waals surface area (Å²) in [6, 6.07) is -0.474. The minimum Gasteiger partial charge on any atom is -0.480 e. The summed E-state index contributed by atoms with van der Waals surface area (Å²) in [7, 11) is 1.83. The molecular formula is C15H26N2O3. The zero-order valence-electron chi connectivity index (χ0n) is 12.5. The molecular weight excluding hydrogens is 256 g/mol. The lowest BCUT2D eigenvalue weighted by molar-refractivity contribution is -0.143. The van der Waals surface area contributed by atoms with E-state index in [1.54, 1.807) is 9.80 Å². The normalized spacial score (nSPS) is 30.9. The number of amides is 2. The largest absolute Gasteiger partial charge is 0.480 e. The minimum atomic E-state index is -0.872. The van der Waals surface area contributed by atoms with Crippen LogP contribution in [-0.2, 0) is 4.79 Å². The highest BCUT2D eigenvalue weighted by Gasteiger charge is 2.35. The van der Waals surface area contributed by atoms with E-state index in [0.717, 1.165) is 32.1 Å². The number of nitrogens with zero attached hydrogens (tertiary/aromatic N) is 2. The van der Waals surface area contributed by atoms with Gasteiger partial charge >= 0.3 is 12.0 Å². The Morgan fingerprint density at radius 1 is 1.15 bits per heavy atom. The van der Waals surface area contributed by atoms with Crippen molar-refractivity contribution in [2.45, 2.75) is 64.0 Å². The Hall–Kier alpha value is -1.26. The molecule has 5 nitrogen and oxygen atoms in total. The van der Waals surface area contributed by atoms with Gasteiger partial charge in [-0.1, -0.05) is 19.8 Å². The monoisotopic (exact) mass is 282 g/mol. The first-order chi connectivity index (χ1) is 9.50. The number of rotatable bonds is 2. The van der Waals surface area contributed by atoms with Crippen LogP contribution in [0.15, 0.2) is 0 Å². The van der Waals surface area contributed by atoms with Crippen LogP contribution in [-0.4, -0.2) is 52.6 Å². The maximum atomic E-state index is 12.6. The molecule has 3 unspecified atom stereocenters. The summed E-state index contributed by atoms with van der Waals surface area (Å²) < 4.78 is 0. The molecule has 1 saturated carbocycles. The van der Waals surface area contributed by atoms with Crippen molar-refractivity contribution in [1.29, 1.82) is 0 Å². The van der Waals surface area contributed by atoms with Crippen molar-refractivity contribution < 1.29 is 14.7 Å². The van der Waals surface area contributed by atoms with Crippen molar-refractivity contribution >= 4 is 12.0 Å². The van der Waals surface area contributed by atoms with Gasteiger partial charge in [-0.15, -0.1) is 0 Å². The van der Waals surface area contributed by atoms with Crippen molar-refractivity contribution in [1.82, 2.24) is 9.80 Å². The van der Waals surface area contributed by atoms with Crippen LogP contribution < -0.4 is 0 Å². The summed E-state index contributed by atoms with van der Waals surface area (Å²) in [4.78, 5) is 27.3. The van der Waals surface area contributed by atoms with Gasteiger partial charge in [0.15, 0.2) is 0 Å². The number of piperidine rings is 1. The van der Waals surface area contributed by atoms with Crippen LogP contribution in [0.25, 0.3) is 0 Å². The zero-order chi connectivity index (χ0) is 14.7. The maximum absolute atomic E-state index is 12.6. The Kier molecular flexibility index (Phi) is 4.89. The lowest BCUT2D eigenvalue weighted by Gasteiger charge is -2.40. The lowest BCUT2D eigenvalue weighted by Crippen LogP contribution is -2.54. The quantitative estimate of drug-likeness (QED) is 0.846. The molecule has 5 heteroatoms. The molecule has 1 N–H and O–H groups in total. The Bertz CT molecular complexity index is 372. The van der Waals surface area contributed by atoms with Gasteiger partial charge in [0.2, 0.25) is 0 Å². The summed E-state index contributed by atoms with van der Waals surface area (Å²) in [5, 5.41) is 9.28. The summed E-state index contributed by atoms with van der Waals surface area (Å²) in [5.74, 6) is -0.218. The van der Waals surface area contributed by atoms with E-state index < -0.39 is 12.0 Å². The van der Waals surface area contributed by atoms with E-state index in [4.69, 9.17) is 0 Å². The van der Waals surface area contributed by atoms with Gasteiger partial charge in [0.05, 0.1) is 0 Å². The van der Waals surface area contributed by atoms with E-state index >= 15 is 0 Å². The summed E-state index contributed by atoms with van der Waals surface area (Å²) in [6.45, 7) is 2.80. The fourth-order valence-electron chi connectivity index (χ4n) is 3.53.